The smallest absolute Gasteiger partial charge is 0.120 e. The standard InChI is InChI=1S/C26H22N2/c1-26(2)21-14-8-9-15-22(21)28-24-17-19-11-7-6-10-18(19)16-23(24)27(25(26)28)20-12-4-3-5-13-20/h3-17,25H,1-2H3. The molecule has 0 fully saturated rings. The lowest BCUT2D eigenvalue weighted by Crippen LogP contribution is -2.46. The summed E-state index contributed by atoms with van der Waals surface area (Å²) in [5, 5.41) is 2.58. The van der Waals surface area contributed by atoms with Crippen LogP contribution in [0.2, 0.25) is 0 Å². The molecule has 0 bridgehead atoms. The molecule has 0 amide bonds. The van der Waals surface area contributed by atoms with Crippen molar-refractivity contribution in [1.82, 2.24) is 0 Å². The van der Waals surface area contributed by atoms with Crippen molar-refractivity contribution in [2.45, 2.75) is 25.4 Å². The van der Waals surface area contributed by atoms with Gasteiger partial charge >= 0.3 is 0 Å². The van der Waals surface area contributed by atoms with Crippen molar-refractivity contribution < 1.29 is 0 Å². The first-order valence-corrected chi connectivity index (χ1v) is 9.92. The van der Waals surface area contributed by atoms with Gasteiger partial charge in [-0.3, -0.25) is 0 Å². The van der Waals surface area contributed by atoms with Gasteiger partial charge in [0, 0.05) is 16.8 Å². The average molecular weight is 362 g/mol. The summed E-state index contributed by atoms with van der Waals surface area (Å²) in [6.45, 7) is 4.75. The van der Waals surface area contributed by atoms with E-state index in [-0.39, 0.29) is 11.6 Å². The average Bonchev–Trinajstić information content (AvgIpc) is 3.18. The molecule has 0 aliphatic carbocycles. The third kappa shape index (κ3) is 1.92. The summed E-state index contributed by atoms with van der Waals surface area (Å²) >= 11 is 0. The molecule has 28 heavy (non-hydrogen) atoms. The van der Waals surface area contributed by atoms with Crippen LogP contribution in [0.4, 0.5) is 22.7 Å². The molecule has 0 saturated carbocycles. The molecule has 1 atom stereocenters. The summed E-state index contributed by atoms with van der Waals surface area (Å²) in [4.78, 5) is 5.08. The SMILES string of the molecule is CC1(C)c2ccccc2N2c3cc4ccccc4cc3N(c3ccccc3)C21. The van der Waals surface area contributed by atoms with Crippen LogP contribution in [0.15, 0.2) is 91.0 Å². The number of hydrogen-bond donors (Lipinski definition) is 0. The predicted molar refractivity (Wildman–Crippen MR) is 118 cm³/mol. The molecular formula is C26H22N2. The van der Waals surface area contributed by atoms with Crippen LogP contribution in [-0.2, 0) is 5.41 Å². The Kier molecular flexibility index (Phi) is 3.03. The van der Waals surface area contributed by atoms with E-state index in [1.54, 1.807) is 0 Å². The van der Waals surface area contributed by atoms with Crippen molar-refractivity contribution in [3.05, 3.63) is 96.6 Å². The van der Waals surface area contributed by atoms with Crippen LogP contribution < -0.4 is 9.80 Å². The second-order valence-corrected chi connectivity index (χ2v) is 8.38. The molecule has 2 nitrogen and oxygen atoms in total. The lowest BCUT2D eigenvalue weighted by molar-refractivity contribution is 0.451. The number of hydrogen-bond acceptors (Lipinski definition) is 2. The maximum Gasteiger partial charge on any atom is 0.120 e. The fraction of sp³-hybridized carbons (Fsp3) is 0.154. The molecule has 2 aliphatic rings. The Labute approximate surface area is 165 Å². The van der Waals surface area contributed by atoms with Gasteiger partial charge in [-0.15, -0.1) is 0 Å². The van der Waals surface area contributed by atoms with Crippen LogP contribution in [0.5, 0.6) is 0 Å². The van der Waals surface area contributed by atoms with E-state index >= 15 is 0 Å². The van der Waals surface area contributed by atoms with Crippen LogP contribution in [0, 0.1) is 0 Å². The summed E-state index contributed by atoms with van der Waals surface area (Å²) in [5.41, 5.74) is 6.57. The highest BCUT2D eigenvalue weighted by Crippen LogP contribution is 2.59. The molecule has 2 heterocycles. The van der Waals surface area contributed by atoms with E-state index in [0.29, 0.717) is 0 Å². The molecule has 2 aliphatic heterocycles. The van der Waals surface area contributed by atoms with Gasteiger partial charge < -0.3 is 9.80 Å². The van der Waals surface area contributed by atoms with Crippen LogP contribution in [0.3, 0.4) is 0 Å². The van der Waals surface area contributed by atoms with Gasteiger partial charge in [-0.2, -0.15) is 0 Å². The molecule has 136 valence electrons. The Morgan fingerprint density at radius 2 is 1.18 bits per heavy atom. The molecule has 4 aromatic rings. The maximum absolute atomic E-state index is 2.55. The topological polar surface area (TPSA) is 6.48 Å². The molecule has 6 rings (SSSR count). The first kappa shape index (κ1) is 15.8. The largest absolute Gasteiger partial charge is 0.317 e. The third-order valence-electron chi connectivity index (χ3n) is 6.39. The van der Waals surface area contributed by atoms with Crippen LogP contribution in [0.1, 0.15) is 19.4 Å². The van der Waals surface area contributed by atoms with Gasteiger partial charge in [0.1, 0.15) is 6.17 Å². The highest BCUT2D eigenvalue weighted by atomic mass is 15.4. The quantitative estimate of drug-likeness (QED) is 0.370. The van der Waals surface area contributed by atoms with Gasteiger partial charge in [0.15, 0.2) is 0 Å². The molecule has 1 unspecified atom stereocenters. The molecule has 0 radical (unpaired) electrons. The Balaban J connectivity index is 1.69. The second-order valence-electron chi connectivity index (χ2n) is 8.38. The fourth-order valence-electron chi connectivity index (χ4n) is 5.12. The van der Waals surface area contributed by atoms with Gasteiger partial charge in [0.2, 0.25) is 0 Å². The van der Waals surface area contributed by atoms with Crippen molar-refractivity contribution in [2.24, 2.45) is 0 Å². The number of nitrogens with zero attached hydrogens (tertiary/aromatic N) is 2. The summed E-state index contributed by atoms with van der Waals surface area (Å²) in [5.74, 6) is 0. The molecule has 4 aromatic carbocycles. The van der Waals surface area contributed by atoms with Crippen LogP contribution >= 0.6 is 0 Å². The minimum absolute atomic E-state index is 0.00234. The minimum atomic E-state index is -0.00234. The Hall–Kier alpha value is -3.26. The van der Waals surface area contributed by atoms with Crippen molar-refractivity contribution >= 4 is 33.5 Å². The van der Waals surface area contributed by atoms with Crippen molar-refractivity contribution in [3.8, 4) is 0 Å². The third-order valence-corrected chi connectivity index (χ3v) is 6.39. The molecule has 2 heteroatoms. The monoisotopic (exact) mass is 362 g/mol. The number of anilines is 4. The molecule has 0 aromatic heterocycles. The number of fused-ring (bicyclic) bond motifs is 6. The van der Waals surface area contributed by atoms with Crippen LogP contribution in [-0.4, -0.2) is 6.17 Å². The second kappa shape index (κ2) is 5.39. The summed E-state index contributed by atoms with van der Waals surface area (Å²) < 4.78 is 0. The Morgan fingerprint density at radius 3 is 1.89 bits per heavy atom. The van der Waals surface area contributed by atoms with Gasteiger partial charge in [-0.05, 0) is 46.7 Å². The fourth-order valence-corrected chi connectivity index (χ4v) is 5.12. The van der Waals surface area contributed by atoms with Crippen molar-refractivity contribution in [3.63, 3.8) is 0 Å². The maximum atomic E-state index is 2.55. The van der Waals surface area contributed by atoms with Gasteiger partial charge in [0.25, 0.3) is 0 Å². The molecule has 0 saturated heterocycles. The van der Waals surface area contributed by atoms with E-state index in [4.69, 9.17) is 0 Å². The molecule has 0 spiro atoms. The number of para-hydroxylation sites is 2. The zero-order valence-electron chi connectivity index (χ0n) is 16.1. The lowest BCUT2D eigenvalue weighted by Gasteiger charge is -2.36. The highest BCUT2D eigenvalue weighted by molar-refractivity contribution is 6.00. The summed E-state index contributed by atoms with van der Waals surface area (Å²) in [7, 11) is 0. The summed E-state index contributed by atoms with van der Waals surface area (Å²) in [6, 6.07) is 33.1. The first-order valence-electron chi connectivity index (χ1n) is 9.92. The number of rotatable bonds is 1. The zero-order chi connectivity index (χ0) is 18.9. The van der Waals surface area contributed by atoms with Gasteiger partial charge in [0.05, 0.1) is 11.4 Å². The van der Waals surface area contributed by atoms with Crippen LogP contribution in [0.25, 0.3) is 10.8 Å². The number of benzene rings is 4. The lowest BCUT2D eigenvalue weighted by atomic mass is 9.83. The van der Waals surface area contributed by atoms with Gasteiger partial charge in [-0.1, -0.05) is 74.5 Å². The molecular weight excluding hydrogens is 340 g/mol. The van der Waals surface area contributed by atoms with E-state index in [0.717, 1.165) is 0 Å². The first-order chi connectivity index (χ1) is 13.7. The van der Waals surface area contributed by atoms with E-state index in [2.05, 4.69) is 115 Å². The van der Waals surface area contributed by atoms with E-state index in [9.17, 15) is 0 Å². The van der Waals surface area contributed by atoms with E-state index in [1.165, 1.54) is 39.1 Å². The predicted octanol–water partition coefficient (Wildman–Crippen LogP) is 6.75. The van der Waals surface area contributed by atoms with Gasteiger partial charge in [-0.25, -0.2) is 0 Å². The molecule has 0 N–H and O–H groups in total. The van der Waals surface area contributed by atoms with Crippen molar-refractivity contribution in [1.29, 1.82) is 0 Å². The highest BCUT2D eigenvalue weighted by Gasteiger charge is 2.53. The Bertz CT molecular complexity index is 1180. The Morgan fingerprint density at radius 1 is 0.607 bits per heavy atom. The van der Waals surface area contributed by atoms with Crippen molar-refractivity contribution in [2.75, 3.05) is 9.80 Å². The van der Waals surface area contributed by atoms with E-state index in [1.807, 2.05) is 0 Å². The normalized spacial score (nSPS) is 18.9. The minimum Gasteiger partial charge on any atom is -0.317 e. The zero-order valence-corrected chi connectivity index (χ0v) is 16.1. The summed E-state index contributed by atoms with van der Waals surface area (Å²) in [6.07, 6.45) is 0.221. The van der Waals surface area contributed by atoms with E-state index < -0.39 is 0 Å².